The topological polar surface area (TPSA) is 43.2 Å². The first-order valence-electron chi connectivity index (χ1n) is 13.9. The van der Waals surface area contributed by atoms with Gasteiger partial charge in [0.15, 0.2) is 0 Å². The van der Waals surface area contributed by atoms with E-state index in [-0.39, 0.29) is 5.56 Å². The van der Waals surface area contributed by atoms with Crippen molar-refractivity contribution in [1.29, 1.82) is 5.26 Å². The molecule has 1 aromatic carbocycles. The van der Waals surface area contributed by atoms with Crippen LogP contribution in [0.1, 0.15) is 70.4 Å². The van der Waals surface area contributed by atoms with Crippen molar-refractivity contribution in [3.63, 3.8) is 0 Å². The Labute approximate surface area is 224 Å². The molecule has 0 saturated carbocycles. The van der Waals surface area contributed by atoms with Crippen molar-refractivity contribution in [2.75, 3.05) is 36.0 Å². The van der Waals surface area contributed by atoms with Crippen LogP contribution in [0.3, 0.4) is 0 Å². The van der Waals surface area contributed by atoms with Crippen LogP contribution in [0.4, 0.5) is 24.5 Å². The van der Waals surface area contributed by atoms with Gasteiger partial charge in [-0.1, -0.05) is 0 Å². The average molecular weight is 621 g/mol. The molecule has 0 bridgehead atoms. The van der Waals surface area contributed by atoms with Crippen molar-refractivity contribution < 1.29 is 13.2 Å². The first-order chi connectivity index (χ1) is 17.8. The molecule has 0 radical (unpaired) electrons. The van der Waals surface area contributed by atoms with Gasteiger partial charge in [-0.15, -0.1) is 0 Å². The SMILES string of the molecule is CCC[CH2][Sn]([CH2]CCC)([CH2]CCC)[c]1ccc(N2CCN(c3ccc(C(F)(F)F)cc3C#N)CC2)cn1. The Kier molecular flexibility index (Phi) is 11.0. The van der Waals surface area contributed by atoms with Crippen LogP contribution in [0, 0.1) is 11.3 Å². The Hall–Kier alpha value is -1.95. The van der Waals surface area contributed by atoms with Crippen LogP contribution in [0.2, 0.25) is 13.3 Å². The number of anilines is 2. The van der Waals surface area contributed by atoms with Crippen LogP contribution in [0.15, 0.2) is 36.5 Å². The van der Waals surface area contributed by atoms with E-state index in [1.807, 2.05) is 11.0 Å². The summed E-state index contributed by atoms with van der Waals surface area (Å²) in [6.45, 7) is 9.64. The summed E-state index contributed by atoms with van der Waals surface area (Å²) in [5.74, 6) is 0. The fourth-order valence-electron chi connectivity index (χ4n) is 5.47. The van der Waals surface area contributed by atoms with Crippen LogP contribution in [-0.4, -0.2) is 49.5 Å². The van der Waals surface area contributed by atoms with Gasteiger partial charge in [0, 0.05) is 0 Å². The van der Waals surface area contributed by atoms with E-state index in [9.17, 15) is 18.4 Å². The molecule has 0 amide bonds. The number of rotatable bonds is 12. The summed E-state index contributed by atoms with van der Waals surface area (Å²) in [6.07, 6.45) is 5.26. The molecule has 1 aliphatic rings. The number of alkyl halides is 3. The van der Waals surface area contributed by atoms with E-state index in [2.05, 4.69) is 44.0 Å². The van der Waals surface area contributed by atoms with E-state index in [0.29, 0.717) is 18.8 Å². The Balaban J connectivity index is 1.73. The molecule has 1 saturated heterocycles. The van der Waals surface area contributed by atoms with Gasteiger partial charge in [0.1, 0.15) is 0 Å². The summed E-state index contributed by atoms with van der Waals surface area (Å²) < 4.78 is 44.8. The molecule has 0 spiro atoms. The third-order valence-electron chi connectivity index (χ3n) is 7.75. The summed E-state index contributed by atoms with van der Waals surface area (Å²) in [6, 6.07) is 9.98. The predicted molar refractivity (Wildman–Crippen MR) is 149 cm³/mol. The van der Waals surface area contributed by atoms with Gasteiger partial charge in [-0.25, -0.2) is 0 Å². The molecule has 3 rings (SSSR count). The molecule has 4 nitrogen and oxygen atoms in total. The summed E-state index contributed by atoms with van der Waals surface area (Å²) in [5.41, 5.74) is 0.975. The van der Waals surface area contributed by atoms with E-state index >= 15 is 0 Å². The maximum absolute atomic E-state index is 13.1. The second-order valence-corrected chi connectivity index (χ2v) is 23.4. The summed E-state index contributed by atoms with van der Waals surface area (Å²) in [5, 5.41) is 9.47. The Bertz CT molecular complexity index is 1000. The fourth-order valence-corrected chi connectivity index (χ4v) is 20.8. The third-order valence-corrected chi connectivity index (χ3v) is 22.9. The number of aromatic nitrogens is 1. The van der Waals surface area contributed by atoms with E-state index < -0.39 is 30.1 Å². The molecule has 1 aromatic heterocycles. The average Bonchev–Trinajstić information content (AvgIpc) is 2.92. The number of unbranched alkanes of at least 4 members (excludes halogenated alkanes) is 3. The first kappa shape index (κ1) is 29.6. The Morgan fingerprint density at radius 2 is 1.43 bits per heavy atom. The molecule has 37 heavy (non-hydrogen) atoms. The Morgan fingerprint density at radius 1 is 0.865 bits per heavy atom. The number of nitriles is 1. The molecular formula is C29H41F3N4Sn. The number of pyridine rings is 1. The molecule has 2 heterocycles. The van der Waals surface area contributed by atoms with Crippen LogP contribution in [0.5, 0.6) is 0 Å². The van der Waals surface area contributed by atoms with E-state index in [0.717, 1.165) is 30.9 Å². The molecule has 0 N–H and O–H groups in total. The fraction of sp³-hybridized carbons (Fsp3) is 0.586. The van der Waals surface area contributed by atoms with Gasteiger partial charge < -0.3 is 0 Å². The number of benzene rings is 1. The van der Waals surface area contributed by atoms with Gasteiger partial charge in [-0.2, -0.15) is 13.2 Å². The molecule has 1 aliphatic heterocycles. The number of hydrogen-bond acceptors (Lipinski definition) is 4. The van der Waals surface area contributed by atoms with Crippen molar-refractivity contribution in [3.8, 4) is 6.07 Å². The van der Waals surface area contributed by atoms with Crippen molar-refractivity contribution in [3.05, 3.63) is 47.7 Å². The van der Waals surface area contributed by atoms with Gasteiger partial charge >= 0.3 is 212 Å². The molecule has 202 valence electrons. The summed E-state index contributed by atoms with van der Waals surface area (Å²) in [4.78, 5) is 9.42. The van der Waals surface area contributed by atoms with Gasteiger partial charge in [0.25, 0.3) is 0 Å². The quantitative estimate of drug-likeness (QED) is 0.233. The first-order valence-corrected chi connectivity index (χ1v) is 21.3. The standard InChI is InChI=1S/C17H14F3N4.3C4H9.Sn/c18-17(19,20)14-3-4-16(13(10-14)11-21)24-8-6-23(7-9-24)15-2-1-5-22-12-15;3*1-3-4-2;/h1-4,10,12H,6-9H2;3*1,3-4H2,2H3;. The van der Waals surface area contributed by atoms with Crippen molar-refractivity contribution in [1.82, 2.24) is 4.98 Å². The Morgan fingerprint density at radius 3 is 1.89 bits per heavy atom. The van der Waals surface area contributed by atoms with E-state index in [1.54, 1.807) is 0 Å². The number of nitrogens with zero attached hydrogens (tertiary/aromatic N) is 4. The van der Waals surface area contributed by atoms with Gasteiger partial charge in [-0.05, 0) is 0 Å². The second-order valence-electron chi connectivity index (χ2n) is 10.3. The van der Waals surface area contributed by atoms with E-state index in [4.69, 9.17) is 4.98 Å². The zero-order chi connectivity index (χ0) is 26.9. The van der Waals surface area contributed by atoms with Gasteiger partial charge in [0.05, 0.1) is 0 Å². The zero-order valence-corrected chi connectivity index (χ0v) is 25.4. The molecule has 0 aliphatic carbocycles. The van der Waals surface area contributed by atoms with Crippen molar-refractivity contribution >= 4 is 33.5 Å². The maximum atomic E-state index is 13.1. The molecule has 8 heteroatoms. The zero-order valence-electron chi connectivity index (χ0n) is 22.6. The van der Waals surface area contributed by atoms with Crippen LogP contribution in [-0.2, 0) is 6.18 Å². The molecule has 0 unspecified atom stereocenters. The minimum atomic E-state index is -4.45. The van der Waals surface area contributed by atoms with Crippen molar-refractivity contribution in [2.24, 2.45) is 0 Å². The van der Waals surface area contributed by atoms with Gasteiger partial charge in [-0.3, -0.25) is 0 Å². The minimum absolute atomic E-state index is 0.0735. The van der Waals surface area contributed by atoms with Crippen molar-refractivity contribution in [2.45, 2.75) is 78.8 Å². The van der Waals surface area contributed by atoms with E-state index in [1.165, 1.54) is 61.6 Å². The molecule has 0 atom stereocenters. The van der Waals surface area contributed by atoms with Crippen LogP contribution >= 0.6 is 0 Å². The third kappa shape index (κ3) is 7.55. The van der Waals surface area contributed by atoms with Crippen LogP contribution < -0.4 is 13.5 Å². The molecule has 2 aromatic rings. The normalized spacial score (nSPS) is 14.6. The number of hydrogen-bond donors (Lipinski definition) is 0. The number of piperazine rings is 1. The van der Waals surface area contributed by atoms with Gasteiger partial charge in [0.2, 0.25) is 0 Å². The monoisotopic (exact) mass is 622 g/mol. The predicted octanol–water partition coefficient (Wildman–Crippen LogP) is 7.35. The molecule has 1 fully saturated rings. The van der Waals surface area contributed by atoms with Crippen LogP contribution in [0.25, 0.3) is 0 Å². The molecular weight excluding hydrogens is 580 g/mol. The second kappa shape index (κ2) is 13.7. The number of halogens is 3. The summed E-state index contributed by atoms with van der Waals surface area (Å²) >= 11 is -2.55. The summed E-state index contributed by atoms with van der Waals surface area (Å²) in [7, 11) is 0.